The lowest BCUT2D eigenvalue weighted by atomic mass is 9.80. The third-order valence-corrected chi connectivity index (χ3v) is 3.58. The van der Waals surface area contributed by atoms with Crippen LogP contribution in [0.5, 0.6) is 0 Å². The summed E-state index contributed by atoms with van der Waals surface area (Å²) in [6, 6.07) is 7.29. The lowest BCUT2D eigenvalue weighted by molar-refractivity contribution is -0.122. The second-order valence-electron chi connectivity index (χ2n) is 4.62. The lowest BCUT2D eigenvalue weighted by Gasteiger charge is -2.36. The van der Waals surface area contributed by atoms with E-state index >= 15 is 0 Å². The highest BCUT2D eigenvalue weighted by Crippen LogP contribution is 2.30. The van der Waals surface area contributed by atoms with Gasteiger partial charge in [-0.15, -0.1) is 0 Å². The Kier molecular flexibility index (Phi) is 3.69. The number of nitrogens with one attached hydrogen (secondary N) is 1. The van der Waals surface area contributed by atoms with E-state index in [9.17, 15) is 9.90 Å². The Labute approximate surface area is 106 Å². The molecule has 0 aromatic heterocycles. The van der Waals surface area contributed by atoms with Crippen molar-refractivity contribution in [1.29, 1.82) is 0 Å². The minimum Gasteiger partial charge on any atom is -0.388 e. The maximum absolute atomic E-state index is 11.7. The van der Waals surface area contributed by atoms with Crippen LogP contribution in [-0.2, 0) is 11.2 Å². The van der Waals surface area contributed by atoms with E-state index in [1.54, 1.807) is 6.07 Å². The standard InChI is InChI=1S/C13H16ClNO2/c14-11-5-2-1-4-10(11)8-12(16)15-9-13(17)6-3-7-13/h1-2,4-5,17H,3,6-9H2,(H,15,16). The molecule has 1 aromatic rings. The fraction of sp³-hybridized carbons (Fsp3) is 0.462. The molecule has 0 atom stereocenters. The summed E-state index contributed by atoms with van der Waals surface area (Å²) in [6.45, 7) is 0.344. The molecule has 1 fully saturated rings. The minimum atomic E-state index is -0.670. The van der Waals surface area contributed by atoms with E-state index in [4.69, 9.17) is 11.6 Å². The van der Waals surface area contributed by atoms with Crippen LogP contribution in [0.25, 0.3) is 0 Å². The van der Waals surface area contributed by atoms with Crippen LogP contribution in [0, 0.1) is 0 Å². The second-order valence-corrected chi connectivity index (χ2v) is 5.03. The van der Waals surface area contributed by atoms with Gasteiger partial charge < -0.3 is 10.4 Å². The summed E-state index contributed by atoms with van der Waals surface area (Å²) in [7, 11) is 0. The monoisotopic (exact) mass is 253 g/mol. The Hall–Kier alpha value is -1.06. The number of benzene rings is 1. The zero-order valence-electron chi connectivity index (χ0n) is 9.58. The number of rotatable bonds is 4. The van der Waals surface area contributed by atoms with Crippen molar-refractivity contribution in [2.75, 3.05) is 6.54 Å². The fourth-order valence-electron chi connectivity index (χ4n) is 1.90. The SMILES string of the molecule is O=C(Cc1ccccc1Cl)NCC1(O)CCC1. The van der Waals surface area contributed by atoms with Crippen molar-refractivity contribution in [3.8, 4) is 0 Å². The molecular formula is C13H16ClNO2. The van der Waals surface area contributed by atoms with Gasteiger partial charge in [-0.05, 0) is 30.9 Å². The minimum absolute atomic E-state index is 0.0987. The molecule has 0 radical (unpaired) electrons. The predicted molar refractivity (Wildman–Crippen MR) is 67.0 cm³/mol. The highest BCUT2D eigenvalue weighted by Gasteiger charge is 2.34. The van der Waals surface area contributed by atoms with Crippen LogP contribution in [0.1, 0.15) is 24.8 Å². The number of hydrogen-bond donors (Lipinski definition) is 2. The van der Waals surface area contributed by atoms with Crippen LogP contribution in [0.15, 0.2) is 24.3 Å². The van der Waals surface area contributed by atoms with E-state index in [2.05, 4.69) is 5.32 Å². The Bertz CT molecular complexity index is 416. The van der Waals surface area contributed by atoms with Gasteiger partial charge in [-0.3, -0.25) is 4.79 Å². The highest BCUT2D eigenvalue weighted by atomic mass is 35.5. The largest absolute Gasteiger partial charge is 0.388 e. The van der Waals surface area contributed by atoms with Gasteiger partial charge in [-0.25, -0.2) is 0 Å². The van der Waals surface area contributed by atoms with Gasteiger partial charge in [0.05, 0.1) is 12.0 Å². The summed E-state index contributed by atoms with van der Waals surface area (Å²) in [5.41, 5.74) is 0.142. The van der Waals surface area contributed by atoms with Crippen LogP contribution in [0.4, 0.5) is 0 Å². The summed E-state index contributed by atoms with van der Waals surface area (Å²) >= 11 is 5.97. The third kappa shape index (κ3) is 3.20. The molecule has 0 saturated heterocycles. The predicted octanol–water partition coefficient (Wildman–Crippen LogP) is 1.91. The topological polar surface area (TPSA) is 49.3 Å². The van der Waals surface area contributed by atoms with Gasteiger partial charge in [0, 0.05) is 11.6 Å². The normalized spacial score (nSPS) is 17.3. The number of amides is 1. The molecule has 0 heterocycles. The first-order chi connectivity index (χ1) is 8.09. The number of carbonyl (C=O) groups is 1. The van der Waals surface area contributed by atoms with Crippen molar-refractivity contribution in [2.24, 2.45) is 0 Å². The van der Waals surface area contributed by atoms with Gasteiger partial charge in [-0.1, -0.05) is 29.8 Å². The molecule has 1 saturated carbocycles. The molecule has 17 heavy (non-hydrogen) atoms. The van der Waals surface area contributed by atoms with Gasteiger partial charge in [0.25, 0.3) is 0 Å². The molecule has 0 bridgehead atoms. The van der Waals surface area contributed by atoms with E-state index < -0.39 is 5.60 Å². The molecule has 0 spiro atoms. The average Bonchev–Trinajstić information content (AvgIpc) is 2.27. The van der Waals surface area contributed by atoms with Crippen molar-refractivity contribution in [3.05, 3.63) is 34.9 Å². The molecule has 2 rings (SSSR count). The van der Waals surface area contributed by atoms with Crippen molar-refractivity contribution in [2.45, 2.75) is 31.3 Å². The van der Waals surface area contributed by atoms with Gasteiger partial charge in [0.15, 0.2) is 0 Å². The number of hydrogen-bond acceptors (Lipinski definition) is 2. The van der Waals surface area contributed by atoms with Crippen molar-refractivity contribution in [1.82, 2.24) is 5.32 Å². The van der Waals surface area contributed by atoms with Crippen molar-refractivity contribution in [3.63, 3.8) is 0 Å². The highest BCUT2D eigenvalue weighted by molar-refractivity contribution is 6.31. The molecule has 0 unspecified atom stereocenters. The van der Waals surface area contributed by atoms with Crippen LogP contribution >= 0.6 is 11.6 Å². The van der Waals surface area contributed by atoms with Crippen LogP contribution < -0.4 is 5.32 Å². The Morgan fingerprint density at radius 2 is 2.12 bits per heavy atom. The molecule has 0 aliphatic heterocycles. The number of carbonyl (C=O) groups excluding carboxylic acids is 1. The van der Waals surface area contributed by atoms with E-state index in [1.807, 2.05) is 18.2 Å². The van der Waals surface area contributed by atoms with Crippen LogP contribution in [0.3, 0.4) is 0 Å². The number of halogens is 1. The number of aliphatic hydroxyl groups is 1. The van der Waals surface area contributed by atoms with Gasteiger partial charge in [0.1, 0.15) is 0 Å². The molecule has 1 aliphatic carbocycles. The Morgan fingerprint density at radius 1 is 1.41 bits per heavy atom. The molecule has 1 aliphatic rings. The second kappa shape index (κ2) is 5.07. The summed E-state index contributed by atoms with van der Waals surface area (Å²) in [5, 5.41) is 13.2. The van der Waals surface area contributed by atoms with Crippen molar-refractivity contribution >= 4 is 17.5 Å². The quantitative estimate of drug-likeness (QED) is 0.861. The van der Waals surface area contributed by atoms with E-state index in [-0.39, 0.29) is 12.3 Å². The summed E-state index contributed by atoms with van der Waals surface area (Å²) < 4.78 is 0. The fourth-order valence-corrected chi connectivity index (χ4v) is 2.10. The maximum Gasteiger partial charge on any atom is 0.224 e. The molecule has 4 heteroatoms. The summed E-state index contributed by atoms with van der Waals surface area (Å²) in [5.74, 6) is -0.0987. The lowest BCUT2D eigenvalue weighted by Crippen LogP contribution is -2.48. The van der Waals surface area contributed by atoms with Crippen LogP contribution in [0.2, 0.25) is 5.02 Å². The summed E-state index contributed by atoms with van der Waals surface area (Å²) in [6.07, 6.45) is 2.85. The molecule has 1 amide bonds. The molecule has 92 valence electrons. The maximum atomic E-state index is 11.7. The smallest absolute Gasteiger partial charge is 0.224 e. The first-order valence-corrected chi connectivity index (χ1v) is 6.19. The van der Waals surface area contributed by atoms with E-state index in [0.29, 0.717) is 11.6 Å². The van der Waals surface area contributed by atoms with E-state index in [1.165, 1.54) is 0 Å². The van der Waals surface area contributed by atoms with E-state index in [0.717, 1.165) is 24.8 Å². The molecular weight excluding hydrogens is 238 g/mol. The zero-order valence-corrected chi connectivity index (χ0v) is 10.3. The first kappa shape index (κ1) is 12.4. The first-order valence-electron chi connectivity index (χ1n) is 5.82. The van der Waals surface area contributed by atoms with Gasteiger partial charge in [-0.2, -0.15) is 0 Å². The average molecular weight is 254 g/mol. The van der Waals surface area contributed by atoms with Crippen LogP contribution in [-0.4, -0.2) is 23.2 Å². The molecule has 2 N–H and O–H groups in total. The Balaban J connectivity index is 1.83. The van der Waals surface area contributed by atoms with Gasteiger partial charge in [0.2, 0.25) is 5.91 Å². The third-order valence-electron chi connectivity index (χ3n) is 3.21. The zero-order chi connectivity index (χ0) is 12.3. The van der Waals surface area contributed by atoms with Gasteiger partial charge >= 0.3 is 0 Å². The molecule has 3 nitrogen and oxygen atoms in total. The van der Waals surface area contributed by atoms with Crippen molar-refractivity contribution < 1.29 is 9.90 Å². The Morgan fingerprint density at radius 3 is 2.71 bits per heavy atom. The summed E-state index contributed by atoms with van der Waals surface area (Å²) in [4.78, 5) is 11.7. The molecule has 1 aromatic carbocycles.